The van der Waals surface area contributed by atoms with Crippen molar-refractivity contribution in [1.29, 1.82) is 0 Å². The first kappa shape index (κ1) is 12.0. The van der Waals surface area contributed by atoms with Crippen molar-refractivity contribution < 1.29 is 4.92 Å². The highest BCUT2D eigenvalue weighted by molar-refractivity contribution is 5.56. The molecule has 94 valence electrons. The standard InChI is InChI=1S/C11H13N5O2/c1-8-4-10(16(17)18)11(14-5-8)13-3-2-9-6-12-7-15-9/h4-7H,2-3H2,1H3,(H,12,15)(H,13,14). The Labute approximate surface area is 103 Å². The molecule has 0 aromatic carbocycles. The predicted molar refractivity (Wildman–Crippen MR) is 66.4 cm³/mol. The van der Waals surface area contributed by atoms with E-state index < -0.39 is 4.92 Å². The summed E-state index contributed by atoms with van der Waals surface area (Å²) in [4.78, 5) is 21.3. The topological polar surface area (TPSA) is 96.7 Å². The molecule has 0 aliphatic heterocycles. The largest absolute Gasteiger partial charge is 0.364 e. The Morgan fingerprint density at radius 3 is 3.00 bits per heavy atom. The monoisotopic (exact) mass is 247 g/mol. The highest BCUT2D eigenvalue weighted by Crippen LogP contribution is 2.22. The summed E-state index contributed by atoms with van der Waals surface area (Å²) in [7, 11) is 0. The van der Waals surface area contributed by atoms with Gasteiger partial charge in [-0.25, -0.2) is 9.97 Å². The number of hydrogen-bond donors (Lipinski definition) is 2. The fraction of sp³-hybridized carbons (Fsp3) is 0.273. The molecule has 0 aliphatic carbocycles. The number of H-pyrrole nitrogens is 1. The Hall–Kier alpha value is -2.44. The van der Waals surface area contributed by atoms with E-state index in [2.05, 4.69) is 20.3 Å². The molecule has 0 aliphatic rings. The first-order valence-corrected chi connectivity index (χ1v) is 5.49. The number of hydrogen-bond acceptors (Lipinski definition) is 5. The van der Waals surface area contributed by atoms with E-state index in [1.807, 2.05) is 0 Å². The van der Waals surface area contributed by atoms with Crippen LogP contribution in [0.4, 0.5) is 11.5 Å². The average molecular weight is 247 g/mol. The minimum absolute atomic E-state index is 0.000360. The van der Waals surface area contributed by atoms with Crippen LogP contribution in [0.3, 0.4) is 0 Å². The molecule has 0 unspecified atom stereocenters. The van der Waals surface area contributed by atoms with Crippen LogP contribution in [0.2, 0.25) is 0 Å². The molecular weight excluding hydrogens is 234 g/mol. The number of imidazole rings is 1. The summed E-state index contributed by atoms with van der Waals surface area (Å²) < 4.78 is 0. The van der Waals surface area contributed by atoms with Crippen molar-refractivity contribution in [3.8, 4) is 0 Å². The van der Waals surface area contributed by atoms with E-state index in [1.54, 1.807) is 25.6 Å². The van der Waals surface area contributed by atoms with Crippen LogP contribution < -0.4 is 5.32 Å². The third-order valence-electron chi connectivity index (χ3n) is 2.44. The SMILES string of the molecule is Cc1cnc(NCCc2cnc[nH]2)c([N+](=O)[O-])c1. The summed E-state index contributed by atoms with van der Waals surface area (Å²) in [6, 6.07) is 1.51. The fourth-order valence-corrected chi connectivity index (χ4v) is 1.57. The molecule has 0 spiro atoms. The van der Waals surface area contributed by atoms with E-state index in [4.69, 9.17) is 0 Å². The molecule has 0 saturated carbocycles. The van der Waals surface area contributed by atoms with Crippen LogP contribution in [-0.4, -0.2) is 26.4 Å². The molecular formula is C11H13N5O2. The fourth-order valence-electron chi connectivity index (χ4n) is 1.57. The quantitative estimate of drug-likeness (QED) is 0.618. The van der Waals surface area contributed by atoms with Crippen LogP contribution in [0, 0.1) is 17.0 Å². The molecule has 0 atom stereocenters. The number of aromatic amines is 1. The molecule has 18 heavy (non-hydrogen) atoms. The Balaban J connectivity index is 2.02. The van der Waals surface area contributed by atoms with Gasteiger partial charge in [0.2, 0.25) is 5.82 Å². The van der Waals surface area contributed by atoms with Crippen molar-refractivity contribution in [1.82, 2.24) is 15.0 Å². The first-order valence-electron chi connectivity index (χ1n) is 5.49. The molecule has 7 heteroatoms. The van der Waals surface area contributed by atoms with Crippen molar-refractivity contribution in [2.75, 3.05) is 11.9 Å². The van der Waals surface area contributed by atoms with Crippen molar-refractivity contribution in [3.63, 3.8) is 0 Å². The normalized spacial score (nSPS) is 10.3. The second-order valence-electron chi connectivity index (χ2n) is 3.89. The average Bonchev–Trinajstić information content (AvgIpc) is 2.84. The van der Waals surface area contributed by atoms with Crippen LogP contribution in [-0.2, 0) is 6.42 Å². The van der Waals surface area contributed by atoms with Gasteiger partial charge in [-0.3, -0.25) is 10.1 Å². The van der Waals surface area contributed by atoms with E-state index in [9.17, 15) is 10.1 Å². The van der Waals surface area contributed by atoms with E-state index in [1.165, 1.54) is 6.07 Å². The zero-order valence-corrected chi connectivity index (χ0v) is 9.88. The molecule has 2 N–H and O–H groups in total. The molecule has 2 rings (SSSR count). The maximum atomic E-state index is 10.9. The molecule has 2 aromatic heterocycles. The summed E-state index contributed by atoms with van der Waals surface area (Å²) in [6.45, 7) is 2.33. The highest BCUT2D eigenvalue weighted by Gasteiger charge is 2.14. The second kappa shape index (κ2) is 5.26. The van der Waals surface area contributed by atoms with Crippen molar-refractivity contribution in [2.45, 2.75) is 13.3 Å². The van der Waals surface area contributed by atoms with E-state index in [0.717, 1.165) is 11.3 Å². The summed E-state index contributed by atoms with van der Waals surface area (Å²) in [5.41, 5.74) is 1.73. The zero-order valence-electron chi connectivity index (χ0n) is 9.88. The lowest BCUT2D eigenvalue weighted by molar-refractivity contribution is -0.384. The summed E-state index contributed by atoms with van der Waals surface area (Å²) >= 11 is 0. The van der Waals surface area contributed by atoms with E-state index >= 15 is 0 Å². The zero-order chi connectivity index (χ0) is 13.0. The number of aryl methyl sites for hydroxylation is 1. The van der Waals surface area contributed by atoms with Gasteiger partial charge < -0.3 is 10.3 Å². The Kier molecular flexibility index (Phi) is 3.52. The number of nitrogens with zero attached hydrogens (tertiary/aromatic N) is 3. The smallest absolute Gasteiger partial charge is 0.311 e. The van der Waals surface area contributed by atoms with E-state index in [-0.39, 0.29) is 5.69 Å². The van der Waals surface area contributed by atoms with Crippen LogP contribution in [0.1, 0.15) is 11.3 Å². The summed E-state index contributed by atoms with van der Waals surface area (Å²) in [5.74, 6) is 0.296. The van der Waals surface area contributed by atoms with E-state index in [0.29, 0.717) is 18.8 Å². The molecule has 0 fully saturated rings. The number of anilines is 1. The molecule has 2 heterocycles. The van der Waals surface area contributed by atoms with Gasteiger partial charge in [0.1, 0.15) is 0 Å². The third-order valence-corrected chi connectivity index (χ3v) is 2.44. The lowest BCUT2D eigenvalue weighted by atomic mass is 10.2. The van der Waals surface area contributed by atoms with Crippen molar-refractivity contribution in [3.05, 3.63) is 46.2 Å². The minimum Gasteiger partial charge on any atom is -0.364 e. The van der Waals surface area contributed by atoms with Gasteiger partial charge in [0, 0.05) is 37.1 Å². The van der Waals surface area contributed by atoms with Gasteiger partial charge in [-0.1, -0.05) is 0 Å². The van der Waals surface area contributed by atoms with Gasteiger partial charge in [-0.15, -0.1) is 0 Å². The van der Waals surface area contributed by atoms with Crippen LogP contribution >= 0.6 is 0 Å². The van der Waals surface area contributed by atoms with Crippen LogP contribution in [0.25, 0.3) is 0 Å². The molecule has 0 amide bonds. The second-order valence-corrected chi connectivity index (χ2v) is 3.89. The molecule has 7 nitrogen and oxygen atoms in total. The van der Waals surface area contributed by atoms with Gasteiger partial charge in [0.05, 0.1) is 11.3 Å². The summed E-state index contributed by atoms with van der Waals surface area (Å²) in [5, 5.41) is 13.8. The molecule has 0 bridgehead atoms. The lowest BCUT2D eigenvalue weighted by Gasteiger charge is -2.05. The molecule has 2 aromatic rings. The van der Waals surface area contributed by atoms with Gasteiger partial charge in [0.25, 0.3) is 0 Å². The highest BCUT2D eigenvalue weighted by atomic mass is 16.6. The Morgan fingerprint density at radius 1 is 1.50 bits per heavy atom. The maximum Gasteiger partial charge on any atom is 0.311 e. The lowest BCUT2D eigenvalue weighted by Crippen LogP contribution is -2.08. The van der Waals surface area contributed by atoms with Crippen LogP contribution in [0.15, 0.2) is 24.8 Å². The number of pyridine rings is 1. The first-order chi connectivity index (χ1) is 8.66. The summed E-state index contributed by atoms with van der Waals surface area (Å²) in [6.07, 6.45) is 5.62. The Bertz CT molecular complexity index is 538. The van der Waals surface area contributed by atoms with Gasteiger partial charge >= 0.3 is 5.69 Å². The predicted octanol–water partition coefficient (Wildman–Crippen LogP) is 1.68. The number of rotatable bonds is 5. The van der Waals surface area contributed by atoms with Crippen molar-refractivity contribution in [2.24, 2.45) is 0 Å². The number of aromatic nitrogens is 3. The van der Waals surface area contributed by atoms with Gasteiger partial charge in [-0.2, -0.15) is 0 Å². The van der Waals surface area contributed by atoms with Crippen LogP contribution in [0.5, 0.6) is 0 Å². The number of nitro groups is 1. The number of nitrogens with one attached hydrogen (secondary N) is 2. The maximum absolute atomic E-state index is 10.9. The van der Waals surface area contributed by atoms with Crippen molar-refractivity contribution >= 4 is 11.5 Å². The minimum atomic E-state index is -0.432. The molecule has 0 saturated heterocycles. The van der Waals surface area contributed by atoms with Gasteiger partial charge in [0.15, 0.2) is 0 Å². The third kappa shape index (κ3) is 2.82. The Morgan fingerprint density at radius 2 is 2.33 bits per heavy atom. The molecule has 0 radical (unpaired) electrons. The van der Waals surface area contributed by atoms with Gasteiger partial charge in [-0.05, 0) is 12.5 Å².